The van der Waals surface area contributed by atoms with E-state index in [9.17, 15) is 18.0 Å². The average Bonchev–Trinajstić information content (AvgIpc) is 2.68. The number of anilines is 1. The molecule has 1 amide bonds. The zero-order valence-electron chi connectivity index (χ0n) is 15.7. The minimum Gasteiger partial charge on any atom is -0.354 e. The summed E-state index contributed by atoms with van der Waals surface area (Å²) in [5.41, 5.74) is -0.735. The zero-order valence-corrected chi connectivity index (χ0v) is 15.7. The first-order chi connectivity index (χ1) is 12.8. The molecular formula is C19H27F3N4O. The normalized spacial score (nSPS) is 19.9. The van der Waals surface area contributed by atoms with E-state index in [1.54, 1.807) is 0 Å². The van der Waals surface area contributed by atoms with Gasteiger partial charge < -0.3 is 9.80 Å². The summed E-state index contributed by atoms with van der Waals surface area (Å²) in [5, 5.41) is 0. The van der Waals surface area contributed by atoms with E-state index in [-0.39, 0.29) is 5.91 Å². The van der Waals surface area contributed by atoms with Gasteiger partial charge in [0.2, 0.25) is 5.91 Å². The lowest BCUT2D eigenvalue weighted by Crippen LogP contribution is -2.51. The molecule has 5 nitrogen and oxygen atoms in total. The number of alkyl halides is 3. The first-order valence-corrected chi connectivity index (χ1v) is 9.61. The van der Waals surface area contributed by atoms with Crippen molar-refractivity contribution < 1.29 is 18.0 Å². The van der Waals surface area contributed by atoms with Crippen molar-refractivity contribution in [1.82, 2.24) is 14.8 Å². The van der Waals surface area contributed by atoms with Gasteiger partial charge in [-0.3, -0.25) is 9.69 Å². The summed E-state index contributed by atoms with van der Waals surface area (Å²) in [6.07, 6.45) is 2.35. The van der Waals surface area contributed by atoms with Crippen molar-refractivity contribution >= 4 is 11.7 Å². The van der Waals surface area contributed by atoms with Crippen LogP contribution in [0.15, 0.2) is 18.3 Å². The first kappa shape index (κ1) is 19.9. The maximum absolute atomic E-state index is 12.6. The Morgan fingerprint density at radius 2 is 1.81 bits per heavy atom. The molecular weight excluding hydrogens is 357 g/mol. The highest BCUT2D eigenvalue weighted by Crippen LogP contribution is 2.29. The number of hydrogen-bond donors (Lipinski definition) is 0. The summed E-state index contributed by atoms with van der Waals surface area (Å²) < 4.78 is 37.9. The monoisotopic (exact) mass is 384 g/mol. The third kappa shape index (κ3) is 5.12. The number of piperazine rings is 1. The number of nitrogens with zero attached hydrogens (tertiary/aromatic N) is 4. The van der Waals surface area contributed by atoms with E-state index in [2.05, 4.69) is 9.88 Å². The second-order valence-electron chi connectivity index (χ2n) is 7.46. The molecule has 0 N–H and O–H groups in total. The number of halogens is 3. The van der Waals surface area contributed by atoms with Crippen molar-refractivity contribution in [3.63, 3.8) is 0 Å². The molecule has 2 heterocycles. The summed E-state index contributed by atoms with van der Waals surface area (Å²) >= 11 is 0. The summed E-state index contributed by atoms with van der Waals surface area (Å²) in [5.74, 6) is 0.705. The predicted molar refractivity (Wildman–Crippen MR) is 97.5 cm³/mol. The number of amides is 1. The number of carbonyl (C=O) groups is 1. The van der Waals surface area contributed by atoms with Gasteiger partial charge in [-0.25, -0.2) is 4.98 Å². The number of likely N-dealkylation sites (N-methyl/N-ethyl adjacent to an activating group) is 1. The van der Waals surface area contributed by atoms with E-state index in [1.807, 2.05) is 16.8 Å². The Morgan fingerprint density at radius 1 is 1.15 bits per heavy atom. The van der Waals surface area contributed by atoms with E-state index in [4.69, 9.17) is 0 Å². The van der Waals surface area contributed by atoms with Gasteiger partial charge in [0.25, 0.3) is 0 Å². The Kier molecular flexibility index (Phi) is 6.24. The van der Waals surface area contributed by atoms with Crippen molar-refractivity contribution in [3.05, 3.63) is 23.9 Å². The molecule has 1 saturated carbocycles. The largest absolute Gasteiger partial charge is 0.417 e. The van der Waals surface area contributed by atoms with Gasteiger partial charge in [-0.2, -0.15) is 13.2 Å². The van der Waals surface area contributed by atoms with Crippen molar-refractivity contribution in [2.45, 2.75) is 44.3 Å². The van der Waals surface area contributed by atoms with Crippen LogP contribution in [0.25, 0.3) is 0 Å². The maximum Gasteiger partial charge on any atom is 0.417 e. The molecule has 0 unspecified atom stereocenters. The van der Waals surface area contributed by atoms with Gasteiger partial charge in [0.15, 0.2) is 0 Å². The second kappa shape index (κ2) is 8.46. The van der Waals surface area contributed by atoms with Gasteiger partial charge in [0.05, 0.1) is 12.1 Å². The van der Waals surface area contributed by atoms with E-state index >= 15 is 0 Å². The number of hydrogen-bond acceptors (Lipinski definition) is 4. The predicted octanol–water partition coefficient (Wildman–Crippen LogP) is 3.01. The molecule has 0 spiro atoms. The molecule has 0 atom stereocenters. The van der Waals surface area contributed by atoms with E-state index in [0.29, 0.717) is 44.6 Å². The first-order valence-electron chi connectivity index (χ1n) is 9.61. The van der Waals surface area contributed by atoms with Gasteiger partial charge in [-0.15, -0.1) is 0 Å². The molecule has 1 saturated heterocycles. The highest BCUT2D eigenvalue weighted by Gasteiger charge is 2.31. The molecule has 8 heteroatoms. The van der Waals surface area contributed by atoms with Crippen molar-refractivity contribution in [3.8, 4) is 0 Å². The third-order valence-corrected chi connectivity index (χ3v) is 5.65. The standard InChI is InChI=1S/C19H27F3N4O/c1-24(16-5-3-2-4-6-16)18(27)14-25-9-11-26(12-10-25)17-8-7-15(13-23-17)19(20,21)22/h7-8,13,16H,2-6,9-12,14H2,1H3. The SMILES string of the molecule is CN(C(=O)CN1CCN(c2ccc(C(F)(F)F)cn2)CC1)C1CCCCC1. The molecule has 1 aromatic heterocycles. The van der Waals surface area contributed by atoms with E-state index < -0.39 is 11.7 Å². The Morgan fingerprint density at radius 3 is 2.37 bits per heavy atom. The lowest BCUT2D eigenvalue weighted by atomic mass is 9.94. The topological polar surface area (TPSA) is 39.7 Å². The maximum atomic E-state index is 12.6. The van der Waals surface area contributed by atoms with Gasteiger partial charge in [-0.05, 0) is 25.0 Å². The number of carbonyl (C=O) groups excluding carboxylic acids is 1. The number of pyridine rings is 1. The molecule has 150 valence electrons. The molecule has 27 heavy (non-hydrogen) atoms. The quantitative estimate of drug-likeness (QED) is 0.800. The van der Waals surface area contributed by atoms with Gasteiger partial charge >= 0.3 is 6.18 Å². The van der Waals surface area contributed by atoms with Crippen LogP contribution in [0, 0.1) is 0 Å². The van der Waals surface area contributed by atoms with Crippen molar-refractivity contribution in [2.24, 2.45) is 0 Å². The van der Waals surface area contributed by atoms with Crippen LogP contribution >= 0.6 is 0 Å². The lowest BCUT2D eigenvalue weighted by molar-refractivity contribution is -0.137. The third-order valence-electron chi connectivity index (χ3n) is 5.65. The highest BCUT2D eigenvalue weighted by atomic mass is 19.4. The highest BCUT2D eigenvalue weighted by molar-refractivity contribution is 5.78. The molecule has 1 aliphatic heterocycles. The van der Waals surface area contributed by atoms with E-state index in [0.717, 1.165) is 25.1 Å². The summed E-state index contributed by atoms with van der Waals surface area (Å²) in [6, 6.07) is 2.85. The fraction of sp³-hybridized carbons (Fsp3) is 0.684. The number of aromatic nitrogens is 1. The lowest BCUT2D eigenvalue weighted by Gasteiger charge is -2.37. The van der Waals surface area contributed by atoms with Crippen LogP contribution in [-0.2, 0) is 11.0 Å². The molecule has 2 fully saturated rings. The van der Waals surface area contributed by atoms with Crippen LogP contribution in [0.2, 0.25) is 0 Å². The van der Waals surface area contributed by atoms with Gasteiger partial charge in [0.1, 0.15) is 5.82 Å². The zero-order chi connectivity index (χ0) is 19.4. The summed E-state index contributed by atoms with van der Waals surface area (Å²) in [4.78, 5) is 22.5. The van der Waals surface area contributed by atoms with Crippen LogP contribution in [-0.4, -0.2) is 66.5 Å². The molecule has 0 bridgehead atoms. The fourth-order valence-electron chi connectivity index (χ4n) is 3.85. The Hall–Kier alpha value is -1.83. The van der Waals surface area contributed by atoms with Crippen LogP contribution in [0.3, 0.4) is 0 Å². The molecule has 0 aromatic carbocycles. The molecule has 3 rings (SSSR count). The van der Waals surface area contributed by atoms with Gasteiger partial charge in [-0.1, -0.05) is 19.3 Å². The molecule has 1 aliphatic carbocycles. The van der Waals surface area contributed by atoms with Crippen LogP contribution in [0.4, 0.5) is 19.0 Å². The molecule has 1 aromatic rings. The summed E-state index contributed by atoms with van der Waals surface area (Å²) in [7, 11) is 1.90. The Labute approximate surface area is 158 Å². The minimum absolute atomic E-state index is 0.156. The van der Waals surface area contributed by atoms with Crippen molar-refractivity contribution in [2.75, 3.05) is 44.7 Å². The molecule has 0 radical (unpaired) electrons. The minimum atomic E-state index is -4.37. The second-order valence-corrected chi connectivity index (χ2v) is 7.46. The smallest absolute Gasteiger partial charge is 0.354 e. The number of rotatable bonds is 4. The van der Waals surface area contributed by atoms with E-state index in [1.165, 1.54) is 25.3 Å². The summed E-state index contributed by atoms with van der Waals surface area (Å²) in [6.45, 7) is 3.11. The van der Waals surface area contributed by atoms with Crippen LogP contribution in [0.5, 0.6) is 0 Å². The van der Waals surface area contributed by atoms with Crippen LogP contribution < -0.4 is 4.90 Å². The Bertz CT molecular complexity index is 621. The van der Waals surface area contributed by atoms with Crippen molar-refractivity contribution in [1.29, 1.82) is 0 Å². The fourth-order valence-corrected chi connectivity index (χ4v) is 3.85. The van der Waals surface area contributed by atoms with Crippen LogP contribution in [0.1, 0.15) is 37.7 Å². The average molecular weight is 384 g/mol. The molecule has 2 aliphatic rings. The van der Waals surface area contributed by atoms with Gasteiger partial charge in [0, 0.05) is 45.5 Å². The Balaban J connectivity index is 1.47.